The van der Waals surface area contributed by atoms with E-state index < -0.39 is 9.84 Å². The van der Waals surface area contributed by atoms with Gasteiger partial charge in [0.2, 0.25) is 11.8 Å². The molecule has 3 heterocycles. The highest BCUT2D eigenvalue weighted by molar-refractivity contribution is 9.10. The lowest BCUT2D eigenvalue weighted by Gasteiger charge is -2.35. The number of hydrogen-bond acceptors (Lipinski definition) is 6. The molecule has 10 heteroatoms. The van der Waals surface area contributed by atoms with Gasteiger partial charge in [-0.2, -0.15) is 0 Å². The smallest absolute Gasteiger partial charge is 0.230 e. The predicted octanol–water partition coefficient (Wildman–Crippen LogP) is 2.66. The number of sulfone groups is 1. The van der Waals surface area contributed by atoms with Gasteiger partial charge in [0, 0.05) is 55.7 Å². The number of rotatable bonds is 6. The van der Waals surface area contributed by atoms with E-state index in [0.717, 1.165) is 24.2 Å². The molecular weight excluding hydrogens is 520 g/mol. The molecule has 0 atom stereocenters. The monoisotopic (exact) mass is 546 g/mol. The molecule has 0 bridgehead atoms. The van der Waals surface area contributed by atoms with Crippen LogP contribution in [0.25, 0.3) is 0 Å². The Morgan fingerprint density at radius 2 is 1.82 bits per heavy atom. The van der Waals surface area contributed by atoms with E-state index in [-0.39, 0.29) is 34.8 Å². The van der Waals surface area contributed by atoms with Gasteiger partial charge in [0.1, 0.15) is 5.82 Å². The van der Waals surface area contributed by atoms with E-state index in [1.54, 1.807) is 22.1 Å². The molecule has 8 nitrogen and oxygen atoms in total. The Kier molecular flexibility index (Phi) is 6.37. The number of pyridine rings is 1. The Balaban J connectivity index is 1.26. The number of fused-ring (bicyclic) bond motifs is 1. The second-order valence-electron chi connectivity index (χ2n) is 9.05. The third-order valence-corrected chi connectivity index (χ3v) is 8.89. The van der Waals surface area contributed by atoms with Crippen LogP contribution in [0.15, 0.2) is 45.9 Å². The topological polar surface area (TPSA) is 90.9 Å². The van der Waals surface area contributed by atoms with E-state index in [1.807, 2.05) is 24.3 Å². The summed E-state index contributed by atoms with van der Waals surface area (Å²) in [6.07, 6.45) is 4.03. The maximum atomic E-state index is 13.4. The Hall–Kier alpha value is -2.46. The molecule has 1 saturated carbocycles. The van der Waals surface area contributed by atoms with E-state index in [0.29, 0.717) is 49.3 Å². The van der Waals surface area contributed by atoms with Crippen LogP contribution in [-0.2, 0) is 25.8 Å². The van der Waals surface area contributed by atoms with Crippen molar-refractivity contribution in [3.63, 3.8) is 0 Å². The lowest BCUT2D eigenvalue weighted by Crippen LogP contribution is -2.49. The van der Waals surface area contributed by atoms with Crippen LogP contribution in [-0.4, -0.2) is 68.6 Å². The van der Waals surface area contributed by atoms with Gasteiger partial charge in [-0.25, -0.2) is 13.4 Å². The largest absolute Gasteiger partial charge is 0.353 e. The number of benzene rings is 1. The molecule has 0 unspecified atom stereocenters. The van der Waals surface area contributed by atoms with Crippen molar-refractivity contribution in [2.24, 2.45) is 5.92 Å². The van der Waals surface area contributed by atoms with E-state index in [9.17, 15) is 18.0 Å². The van der Waals surface area contributed by atoms with Crippen molar-refractivity contribution in [1.82, 2.24) is 9.88 Å². The minimum absolute atomic E-state index is 0.0106. The number of piperazine rings is 1. The fraction of sp³-hybridized carbons (Fsp3) is 0.458. The van der Waals surface area contributed by atoms with Crippen LogP contribution in [0.2, 0.25) is 0 Å². The predicted molar refractivity (Wildman–Crippen MR) is 133 cm³/mol. The van der Waals surface area contributed by atoms with Gasteiger partial charge in [0.25, 0.3) is 0 Å². The fourth-order valence-corrected chi connectivity index (χ4v) is 6.86. The zero-order valence-electron chi connectivity index (χ0n) is 18.8. The van der Waals surface area contributed by atoms with E-state index >= 15 is 0 Å². The Bertz CT molecular complexity index is 1210. The van der Waals surface area contributed by atoms with Gasteiger partial charge < -0.3 is 14.7 Å². The van der Waals surface area contributed by atoms with E-state index in [2.05, 4.69) is 25.8 Å². The number of anilines is 2. The number of hydrogen-bond donors (Lipinski definition) is 0. The first-order valence-corrected chi connectivity index (χ1v) is 14.1. The molecule has 2 amide bonds. The molecule has 1 aromatic heterocycles. The summed E-state index contributed by atoms with van der Waals surface area (Å²) < 4.78 is 27.4. The maximum absolute atomic E-state index is 13.4. The molecule has 5 rings (SSSR count). The minimum atomic E-state index is -3.76. The van der Waals surface area contributed by atoms with Crippen LogP contribution in [0.5, 0.6) is 0 Å². The lowest BCUT2D eigenvalue weighted by atomic mass is 10.2. The highest BCUT2D eigenvalue weighted by atomic mass is 79.9. The first-order valence-electron chi connectivity index (χ1n) is 11.6. The normalized spacial score (nSPS) is 18.2. The quantitative estimate of drug-likeness (QED) is 0.553. The molecule has 1 saturated heterocycles. The number of amides is 2. The summed E-state index contributed by atoms with van der Waals surface area (Å²) in [5.41, 5.74) is 1.37. The van der Waals surface area contributed by atoms with Crippen molar-refractivity contribution in [1.29, 1.82) is 0 Å². The van der Waals surface area contributed by atoms with Gasteiger partial charge >= 0.3 is 0 Å². The molecule has 0 radical (unpaired) electrons. The average molecular weight is 547 g/mol. The summed E-state index contributed by atoms with van der Waals surface area (Å²) in [6.45, 7) is 2.89. The van der Waals surface area contributed by atoms with Crippen molar-refractivity contribution in [3.05, 3.63) is 46.6 Å². The maximum Gasteiger partial charge on any atom is 0.230 e. The second kappa shape index (κ2) is 9.30. The summed E-state index contributed by atoms with van der Waals surface area (Å²) >= 11 is 3.42. The zero-order valence-corrected chi connectivity index (χ0v) is 21.2. The van der Waals surface area contributed by atoms with Crippen LogP contribution >= 0.6 is 15.9 Å². The zero-order chi connectivity index (χ0) is 23.9. The van der Waals surface area contributed by atoms with Crippen molar-refractivity contribution < 1.29 is 18.0 Å². The molecular formula is C24H27BrN4O4S. The lowest BCUT2D eigenvalue weighted by molar-refractivity contribution is -0.131. The van der Waals surface area contributed by atoms with Crippen LogP contribution < -0.4 is 9.80 Å². The number of carbonyl (C=O) groups is 2. The van der Waals surface area contributed by atoms with Crippen molar-refractivity contribution in [2.75, 3.05) is 48.3 Å². The van der Waals surface area contributed by atoms with Crippen molar-refractivity contribution in [2.45, 2.75) is 30.6 Å². The molecule has 2 aliphatic heterocycles. The average Bonchev–Trinajstić information content (AvgIpc) is 3.62. The van der Waals surface area contributed by atoms with Gasteiger partial charge in [-0.3, -0.25) is 9.59 Å². The molecule has 0 spiro atoms. The first kappa shape index (κ1) is 23.3. The van der Waals surface area contributed by atoms with Crippen molar-refractivity contribution >= 4 is 49.1 Å². The van der Waals surface area contributed by atoms with Gasteiger partial charge in [0.15, 0.2) is 9.84 Å². The fourth-order valence-electron chi connectivity index (χ4n) is 4.69. The SMILES string of the molecule is O=C(CCS(=O)(=O)c1cc(Br)cc2c1N(C(=O)C1CC1)CC2)N1CCN(c2ccccn2)CC1. The summed E-state index contributed by atoms with van der Waals surface area (Å²) in [5, 5.41) is 0. The Labute approximate surface area is 208 Å². The Morgan fingerprint density at radius 1 is 1.06 bits per heavy atom. The third kappa shape index (κ3) is 4.70. The second-order valence-corrected chi connectivity index (χ2v) is 12.0. The number of carbonyl (C=O) groups excluding carboxylic acids is 2. The molecule has 34 heavy (non-hydrogen) atoms. The van der Waals surface area contributed by atoms with E-state index in [4.69, 9.17) is 0 Å². The third-order valence-electron chi connectivity index (χ3n) is 6.71. The molecule has 3 aliphatic rings. The molecule has 1 aromatic carbocycles. The molecule has 2 fully saturated rings. The molecule has 180 valence electrons. The summed E-state index contributed by atoms with van der Waals surface area (Å²) in [6, 6.07) is 9.20. The molecule has 2 aromatic rings. The first-order chi connectivity index (χ1) is 16.3. The summed E-state index contributed by atoms with van der Waals surface area (Å²) in [7, 11) is -3.76. The van der Waals surface area contributed by atoms with Crippen molar-refractivity contribution in [3.8, 4) is 0 Å². The number of aromatic nitrogens is 1. The highest BCUT2D eigenvalue weighted by Gasteiger charge is 2.39. The standard InChI is InChI=1S/C24H27BrN4O4S/c25-19-15-18-6-9-29(24(31)17-4-5-17)23(18)20(16-19)34(32,33)14-7-22(30)28-12-10-27(11-13-28)21-3-1-2-8-26-21/h1-3,8,15-17H,4-7,9-14H2. The van der Waals surface area contributed by atoms with Gasteiger partial charge in [0.05, 0.1) is 16.3 Å². The number of nitrogens with zero attached hydrogens (tertiary/aromatic N) is 4. The minimum Gasteiger partial charge on any atom is -0.353 e. The highest BCUT2D eigenvalue weighted by Crippen LogP contribution is 2.41. The molecule has 1 aliphatic carbocycles. The summed E-state index contributed by atoms with van der Waals surface area (Å²) in [5.74, 6) is 0.462. The van der Waals surface area contributed by atoms with Gasteiger partial charge in [-0.1, -0.05) is 22.0 Å². The van der Waals surface area contributed by atoms with Crippen LogP contribution in [0.4, 0.5) is 11.5 Å². The summed E-state index contributed by atoms with van der Waals surface area (Å²) in [4.78, 5) is 35.6. The van der Waals surface area contributed by atoms with Crippen LogP contribution in [0.1, 0.15) is 24.8 Å². The van der Waals surface area contributed by atoms with Crippen LogP contribution in [0.3, 0.4) is 0 Å². The van der Waals surface area contributed by atoms with Gasteiger partial charge in [-0.05, 0) is 49.1 Å². The van der Waals surface area contributed by atoms with Crippen LogP contribution in [0, 0.1) is 5.92 Å². The molecule has 0 N–H and O–H groups in total. The number of halogens is 1. The van der Waals surface area contributed by atoms with E-state index in [1.165, 1.54) is 0 Å². The Morgan fingerprint density at radius 3 is 2.50 bits per heavy atom. The van der Waals surface area contributed by atoms with Gasteiger partial charge in [-0.15, -0.1) is 0 Å².